The van der Waals surface area contributed by atoms with Gasteiger partial charge in [-0.3, -0.25) is 4.79 Å². The number of likely N-dealkylation sites (N-methyl/N-ethyl adjacent to an activating group) is 1. The van der Waals surface area contributed by atoms with Crippen LogP contribution in [0.25, 0.3) is 0 Å². The summed E-state index contributed by atoms with van der Waals surface area (Å²) in [5.41, 5.74) is 3.18. The van der Waals surface area contributed by atoms with Crippen molar-refractivity contribution in [1.82, 2.24) is 10.2 Å². The third-order valence-corrected chi connectivity index (χ3v) is 4.67. The Hall–Kier alpha value is -2.73. The van der Waals surface area contributed by atoms with Crippen molar-refractivity contribution >= 4 is 5.91 Å². The molecular formula is C22H30N2O4. The van der Waals surface area contributed by atoms with E-state index in [9.17, 15) is 4.79 Å². The van der Waals surface area contributed by atoms with Gasteiger partial charge in [0.25, 0.3) is 0 Å². The van der Waals surface area contributed by atoms with Crippen LogP contribution in [0.5, 0.6) is 17.2 Å². The third kappa shape index (κ3) is 5.39. The smallest absolute Gasteiger partial charge is 0.224 e. The zero-order chi connectivity index (χ0) is 20.7. The van der Waals surface area contributed by atoms with Crippen LogP contribution in [0.2, 0.25) is 0 Å². The van der Waals surface area contributed by atoms with Crippen LogP contribution < -0.4 is 19.5 Å². The minimum Gasteiger partial charge on any atom is -0.493 e. The van der Waals surface area contributed by atoms with E-state index in [-0.39, 0.29) is 18.4 Å². The average molecular weight is 386 g/mol. The monoisotopic (exact) mass is 386 g/mol. The molecule has 0 bridgehead atoms. The molecule has 1 N–H and O–H groups in total. The number of ether oxygens (including phenoxy) is 3. The fourth-order valence-corrected chi connectivity index (χ4v) is 3.08. The molecule has 2 aromatic rings. The summed E-state index contributed by atoms with van der Waals surface area (Å²) in [4.78, 5) is 14.6. The van der Waals surface area contributed by atoms with Gasteiger partial charge in [-0.15, -0.1) is 0 Å². The lowest BCUT2D eigenvalue weighted by molar-refractivity contribution is -0.120. The van der Waals surface area contributed by atoms with Gasteiger partial charge in [0.05, 0.1) is 33.8 Å². The molecule has 1 amide bonds. The van der Waals surface area contributed by atoms with Crippen molar-refractivity contribution < 1.29 is 19.0 Å². The lowest BCUT2D eigenvalue weighted by Crippen LogP contribution is -2.35. The van der Waals surface area contributed by atoms with Gasteiger partial charge >= 0.3 is 0 Å². The zero-order valence-corrected chi connectivity index (χ0v) is 17.5. The Morgan fingerprint density at radius 3 is 2.04 bits per heavy atom. The number of rotatable bonds is 9. The molecule has 1 unspecified atom stereocenters. The Morgan fingerprint density at radius 2 is 1.57 bits per heavy atom. The van der Waals surface area contributed by atoms with Gasteiger partial charge < -0.3 is 24.4 Å². The predicted octanol–water partition coefficient (Wildman–Crippen LogP) is 2.98. The van der Waals surface area contributed by atoms with E-state index in [1.165, 1.54) is 11.1 Å². The van der Waals surface area contributed by atoms with Crippen LogP contribution in [-0.4, -0.2) is 52.8 Å². The topological polar surface area (TPSA) is 60.0 Å². The van der Waals surface area contributed by atoms with Crippen LogP contribution in [0.1, 0.15) is 22.7 Å². The highest BCUT2D eigenvalue weighted by Crippen LogP contribution is 2.38. The molecule has 0 aromatic heterocycles. The Morgan fingerprint density at radius 1 is 1.00 bits per heavy atom. The van der Waals surface area contributed by atoms with Gasteiger partial charge in [-0.1, -0.05) is 29.8 Å². The summed E-state index contributed by atoms with van der Waals surface area (Å²) in [6, 6.07) is 12.1. The molecule has 28 heavy (non-hydrogen) atoms. The van der Waals surface area contributed by atoms with Crippen molar-refractivity contribution in [3.8, 4) is 17.2 Å². The highest BCUT2D eigenvalue weighted by molar-refractivity contribution is 5.79. The molecule has 1 atom stereocenters. The van der Waals surface area contributed by atoms with E-state index in [1.54, 1.807) is 33.5 Å². The fourth-order valence-electron chi connectivity index (χ4n) is 3.08. The second-order valence-electron chi connectivity index (χ2n) is 6.90. The third-order valence-electron chi connectivity index (χ3n) is 4.67. The first-order valence-electron chi connectivity index (χ1n) is 9.18. The second-order valence-corrected chi connectivity index (χ2v) is 6.90. The first-order valence-corrected chi connectivity index (χ1v) is 9.18. The molecule has 0 radical (unpaired) electrons. The Labute approximate surface area is 167 Å². The SMILES string of the molecule is COc1cc(CC(=O)NCC(c2ccc(C)cc2)N(C)C)cc(OC)c1OC. The molecule has 0 saturated heterocycles. The first-order chi connectivity index (χ1) is 13.4. The van der Waals surface area contributed by atoms with Gasteiger partial charge in [0, 0.05) is 6.54 Å². The van der Waals surface area contributed by atoms with Crippen molar-refractivity contribution in [2.45, 2.75) is 19.4 Å². The van der Waals surface area contributed by atoms with E-state index >= 15 is 0 Å². The van der Waals surface area contributed by atoms with Crippen LogP contribution >= 0.6 is 0 Å². The number of carbonyl (C=O) groups is 1. The van der Waals surface area contributed by atoms with Gasteiger partial charge in [0.15, 0.2) is 11.5 Å². The van der Waals surface area contributed by atoms with Crippen LogP contribution in [0.15, 0.2) is 36.4 Å². The molecule has 6 nitrogen and oxygen atoms in total. The summed E-state index contributed by atoms with van der Waals surface area (Å²) < 4.78 is 16.0. The van der Waals surface area contributed by atoms with Crippen molar-refractivity contribution in [3.63, 3.8) is 0 Å². The van der Waals surface area contributed by atoms with Gasteiger partial charge in [0.2, 0.25) is 11.7 Å². The number of hydrogen-bond donors (Lipinski definition) is 1. The van der Waals surface area contributed by atoms with E-state index in [2.05, 4.69) is 41.4 Å². The van der Waals surface area contributed by atoms with Gasteiger partial charge in [-0.25, -0.2) is 0 Å². The van der Waals surface area contributed by atoms with E-state index < -0.39 is 0 Å². The Kier molecular flexibility index (Phi) is 7.70. The fraction of sp³-hybridized carbons (Fsp3) is 0.409. The molecular weight excluding hydrogens is 356 g/mol. The first kappa shape index (κ1) is 21.6. The molecule has 152 valence electrons. The summed E-state index contributed by atoms with van der Waals surface area (Å²) in [5.74, 6) is 1.53. The molecule has 0 aliphatic rings. The van der Waals surface area contributed by atoms with E-state index in [0.717, 1.165) is 5.56 Å². The molecule has 0 saturated carbocycles. The van der Waals surface area contributed by atoms with Crippen LogP contribution in [0.3, 0.4) is 0 Å². The summed E-state index contributed by atoms with van der Waals surface area (Å²) in [5, 5.41) is 3.04. The molecule has 0 spiro atoms. The lowest BCUT2D eigenvalue weighted by Gasteiger charge is -2.25. The molecule has 0 aliphatic heterocycles. The van der Waals surface area contributed by atoms with Crippen molar-refractivity contribution in [2.24, 2.45) is 0 Å². The van der Waals surface area contributed by atoms with Crippen LogP contribution in [-0.2, 0) is 11.2 Å². The maximum atomic E-state index is 12.5. The number of aryl methyl sites for hydroxylation is 1. The number of benzene rings is 2. The summed E-state index contributed by atoms with van der Waals surface area (Å²) in [6.07, 6.45) is 0.227. The van der Waals surface area contributed by atoms with Gasteiger partial charge in [0.1, 0.15) is 0 Å². The standard InChI is InChI=1S/C22H30N2O4/c1-15-7-9-17(10-8-15)18(24(2)3)14-23-21(25)13-16-11-19(26-4)22(28-6)20(12-16)27-5/h7-12,18H,13-14H2,1-6H3,(H,23,25). The van der Waals surface area contributed by atoms with Crippen LogP contribution in [0.4, 0.5) is 0 Å². The number of nitrogens with zero attached hydrogens (tertiary/aromatic N) is 1. The minimum atomic E-state index is -0.0618. The van der Waals surface area contributed by atoms with Crippen molar-refractivity contribution in [1.29, 1.82) is 0 Å². The predicted molar refractivity (Wildman–Crippen MR) is 110 cm³/mol. The highest BCUT2D eigenvalue weighted by atomic mass is 16.5. The highest BCUT2D eigenvalue weighted by Gasteiger charge is 2.17. The molecule has 6 heteroatoms. The average Bonchev–Trinajstić information content (AvgIpc) is 2.68. The van der Waals surface area contributed by atoms with E-state index in [1.807, 2.05) is 14.1 Å². The summed E-state index contributed by atoms with van der Waals surface area (Å²) >= 11 is 0. The number of nitrogens with one attached hydrogen (secondary N) is 1. The van der Waals surface area contributed by atoms with Gasteiger partial charge in [-0.05, 0) is 44.3 Å². The molecule has 0 aliphatic carbocycles. The maximum Gasteiger partial charge on any atom is 0.224 e. The molecule has 0 heterocycles. The van der Waals surface area contributed by atoms with Crippen molar-refractivity contribution in [3.05, 3.63) is 53.1 Å². The zero-order valence-electron chi connectivity index (χ0n) is 17.5. The maximum absolute atomic E-state index is 12.5. The summed E-state index contributed by atoms with van der Waals surface area (Å²) in [7, 11) is 8.69. The lowest BCUT2D eigenvalue weighted by atomic mass is 10.0. The number of amides is 1. The van der Waals surface area contributed by atoms with E-state index in [4.69, 9.17) is 14.2 Å². The molecule has 0 fully saturated rings. The Bertz CT molecular complexity index is 763. The molecule has 2 rings (SSSR count). The number of methoxy groups -OCH3 is 3. The largest absolute Gasteiger partial charge is 0.493 e. The summed E-state index contributed by atoms with van der Waals surface area (Å²) in [6.45, 7) is 2.59. The normalized spacial score (nSPS) is 11.8. The van der Waals surface area contributed by atoms with Crippen molar-refractivity contribution in [2.75, 3.05) is 42.0 Å². The minimum absolute atomic E-state index is 0.0618. The number of carbonyl (C=O) groups excluding carboxylic acids is 1. The van der Waals surface area contributed by atoms with Crippen LogP contribution in [0, 0.1) is 6.92 Å². The Balaban J connectivity index is 2.07. The van der Waals surface area contributed by atoms with E-state index in [0.29, 0.717) is 23.8 Å². The second kappa shape index (κ2) is 9.99. The quantitative estimate of drug-likeness (QED) is 0.718. The van der Waals surface area contributed by atoms with Gasteiger partial charge in [-0.2, -0.15) is 0 Å². The number of hydrogen-bond acceptors (Lipinski definition) is 5. The molecule has 2 aromatic carbocycles.